The van der Waals surface area contributed by atoms with Crippen LogP contribution in [-0.4, -0.2) is 4.98 Å². The number of pyridine rings is 1. The Kier molecular flexibility index (Phi) is 3.81. The first-order valence-electron chi connectivity index (χ1n) is 7.66. The maximum Gasteiger partial charge on any atom is 0.0702 e. The summed E-state index contributed by atoms with van der Waals surface area (Å²) in [5.41, 5.74) is 6.02. The molecule has 22 heavy (non-hydrogen) atoms. The minimum Gasteiger partial charge on any atom is -0.256 e. The van der Waals surface area contributed by atoms with Crippen LogP contribution in [0.5, 0.6) is 0 Å². The predicted molar refractivity (Wildman–Crippen MR) is 93.8 cm³/mol. The number of hydrogen-bond donors (Lipinski definition) is 0. The van der Waals surface area contributed by atoms with Crippen LogP contribution < -0.4 is 0 Å². The van der Waals surface area contributed by atoms with Gasteiger partial charge in [0.15, 0.2) is 0 Å². The second kappa shape index (κ2) is 5.76. The van der Waals surface area contributed by atoms with Gasteiger partial charge in [0.25, 0.3) is 0 Å². The van der Waals surface area contributed by atoms with E-state index in [4.69, 9.17) is 0 Å². The molecule has 0 amide bonds. The maximum absolute atomic E-state index is 4.65. The fourth-order valence-electron chi connectivity index (χ4n) is 2.50. The number of hydrogen-bond acceptors (Lipinski definition) is 1. The molecule has 2 aromatic carbocycles. The van der Waals surface area contributed by atoms with E-state index in [9.17, 15) is 0 Å². The van der Waals surface area contributed by atoms with Crippen LogP contribution in [0.15, 0.2) is 72.9 Å². The van der Waals surface area contributed by atoms with Crippen LogP contribution in [0.4, 0.5) is 0 Å². The molecule has 0 atom stereocenters. The fourth-order valence-corrected chi connectivity index (χ4v) is 2.50. The Balaban J connectivity index is 1.96. The molecule has 0 aliphatic heterocycles. The molecule has 1 heterocycles. The smallest absolute Gasteiger partial charge is 0.0702 e. The van der Waals surface area contributed by atoms with Crippen molar-refractivity contribution >= 4 is 0 Å². The zero-order chi connectivity index (χ0) is 15.6. The molecule has 1 aromatic heterocycles. The lowest BCUT2D eigenvalue weighted by molar-refractivity contribution is 0.587. The van der Waals surface area contributed by atoms with Gasteiger partial charge in [0, 0.05) is 11.8 Å². The van der Waals surface area contributed by atoms with E-state index in [-0.39, 0.29) is 5.41 Å². The van der Waals surface area contributed by atoms with Gasteiger partial charge in [0.2, 0.25) is 0 Å². The molecular weight excluding hydrogens is 266 g/mol. The Morgan fingerprint density at radius 1 is 0.682 bits per heavy atom. The average Bonchev–Trinajstić information content (AvgIpc) is 2.55. The van der Waals surface area contributed by atoms with Crippen molar-refractivity contribution < 1.29 is 0 Å². The topological polar surface area (TPSA) is 12.9 Å². The summed E-state index contributed by atoms with van der Waals surface area (Å²) < 4.78 is 0. The van der Waals surface area contributed by atoms with Crippen LogP contribution >= 0.6 is 0 Å². The summed E-state index contributed by atoms with van der Waals surface area (Å²) >= 11 is 0. The van der Waals surface area contributed by atoms with Gasteiger partial charge in [0.05, 0.1) is 5.69 Å². The van der Waals surface area contributed by atoms with Gasteiger partial charge in [0.1, 0.15) is 0 Å². The molecule has 1 heteroatoms. The van der Waals surface area contributed by atoms with Crippen molar-refractivity contribution in [1.29, 1.82) is 0 Å². The summed E-state index contributed by atoms with van der Waals surface area (Å²) in [4.78, 5) is 4.65. The van der Waals surface area contributed by atoms with Crippen LogP contribution in [0, 0.1) is 0 Å². The van der Waals surface area contributed by atoms with Crippen molar-refractivity contribution in [3.63, 3.8) is 0 Å². The van der Waals surface area contributed by atoms with E-state index in [0.717, 1.165) is 11.3 Å². The monoisotopic (exact) mass is 287 g/mol. The Morgan fingerprint density at radius 3 is 2.00 bits per heavy atom. The van der Waals surface area contributed by atoms with Gasteiger partial charge in [-0.15, -0.1) is 0 Å². The number of rotatable bonds is 2. The van der Waals surface area contributed by atoms with E-state index >= 15 is 0 Å². The molecule has 0 aliphatic carbocycles. The van der Waals surface area contributed by atoms with Crippen molar-refractivity contribution in [2.75, 3.05) is 0 Å². The van der Waals surface area contributed by atoms with E-state index in [1.165, 1.54) is 16.7 Å². The second-order valence-electron chi connectivity index (χ2n) is 6.63. The van der Waals surface area contributed by atoms with E-state index in [1.54, 1.807) is 0 Å². The van der Waals surface area contributed by atoms with Gasteiger partial charge in [-0.3, -0.25) is 4.98 Å². The largest absolute Gasteiger partial charge is 0.256 e. The molecule has 0 fully saturated rings. The van der Waals surface area contributed by atoms with Gasteiger partial charge in [-0.1, -0.05) is 75.4 Å². The van der Waals surface area contributed by atoms with Crippen molar-refractivity contribution in [3.8, 4) is 22.4 Å². The van der Waals surface area contributed by atoms with E-state index in [0.29, 0.717) is 0 Å². The minimum atomic E-state index is 0.136. The SMILES string of the molecule is CC(C)(C)c1ccc(-c2cccc(-c3ccccc3)c2)nc1. The van der Waals surface area contributed by atoms with Crippen molar-refractivity contribution in [2.24, 2.45) is 0 Å². The fraction of sp³-hybridized carbons (Fsp3) is 0.190. The summed E-state index contributed by atoms with van der Waals surface area (Å²) in [7, 11) is 0. The first-order chi connectivity index (χ1) is 10.5. The molecule has 0 spiro atoms. The van der Waals surface area contributed by atoms with Gasteiger partial charge < -0.3 is 0 Å². The molecule has 3 aromatic rings. The standard InChI is InChI=1S/C21H21N/c1-21(2,3)19-12-13-20(22-15-19)18-11-7-10-17(14-18)16-8-5-4-6-9-16/h4-15H,1-3H3. The quantitative estimate of drug-likeness (QED) is 0.588. The lowest BCUT2D eigenvalue weighted by Gasteiger charge is -2.18. The van der Waals surface area contributed by atoms with Crippen molar-refractivity contribution in [3.05, 3.63) is 78.5 Å². The van der Waals surface area contributed by atoms with Crippen LogP contribution in [0.1, 0.15) is 26.3 Å². The first-order valence-corrected chi connectivity index (χ1v) is 7.66. The number of aromatic nitrogens is 1. The predicted octanol–water partition coefficient (Wildman–Crippen LogP) is 5.71. The molecule has 0 aliphatic rings. The Bertz CT molecular complexity index is 750. The van der Waals surface area contributed by atoms with Crippen LogP contribution in [0.3, 0.4) is 0 Å². The summed E-state index contributed by atoms with van der Waals surface area (Å²) in [5.74, 6) is 0. The van der Waals surface area contributed by atoms with Gasteiger partial charge in [-0.05, 0) is 34.2 Å². The Labute approximate surface area is 132 Å². The molecule has 110 valence electrons. The highest BCUT2D eigenvalue weighted by atomic mass is 14.7. The van der Waals surface area contributed by atoms with E-state index < -0.39 is 0 Å². The molecule has 0 saturated heterocycles. The number of nitrogens with zero attached hydrogens (tertiary/aromatic N) is 1. The van der Waals surface area contributed by atoms with Crippen molar-refractivity contribution in [1.82, 2.24) is 4.98 Å². The van der Waals surface area contributed by atoms with Gasteiger partial charge in [-0.2, -0.15) is 0 Å². The second-order valence-corrected chi connectivity index (χ2v) is 6.63. The van der Waals surface area contributed by atoms with Gasteiger partial charge >= 0.3 is 0 Å². The highest BCUT2D eigenvalue weighted by molar-refractivity contribution is 5.71. The Morgan fingerprint density at radius 2 is 1.36 bits per heavy atom. The van der Waals surface area contributed by atoms with Crippen molar-refractivity contribution in [2.45, 2.75) is 26.2 Å². The zero-order valence-corrected chi connectivity index (χ0v) is 13.4. The zero-order valence-electron chi connectivity index (χ0n) is 13.4. The highest BCUT2D eigenvalue weighted by Gasteiger charge is 2.13. The molecule has 0 N–H and O–H groups in total. The number of benzene rings is 2. The average molecular weight is 287 g/mol. The van der Waals surface area contributed by atoms with Gasteiger partial charge in [-0.25, -0.2) is 0 Å². The lowest BCUT2D eigenvalue weighted by Crippen LogP contribution is -2.11. The highest BCUT2D eigenvalue weighted by Crippen LogP contribution is 2.27. The molecule has 0 saturated carbocycles. The summed E-state index contributed by atoms with van der Waals surface area (Å²) in [5, 5.41) is 0. The molecule has 0 bridgehead atoms. The third-order valence-corrected chi connectivity index (χ3v) is 3.89. The molecular formula is C21H21N. The van der Waals surface area contributed by atoms with Crippen LogP contribution in [0.25, 0.3) is 22.4 Å². The summed E-state index contributed by atoms with van der Waals surface area (Å²) in [6.07, 6.45) is 1.99. The third-order valence-electron chi connectivity index (χ3n) is 3.89. The summed E-state index contributed by atoms with van der Waals surface area (Å²) in [6, 6.07) is 23.3. The maximum atomic E-state index is 4.65. The lowest BCUT2D eigenvalue weighted by atomic mass is 9.88. The molecule has 0 radical (unpaired) electrons. The molecule has 3 rings (SSSR count). The first kappa shape index (κ1) is 14.5. The summed E-state index contributed by atoms with van der Waals surface area (Å²) in [6.45, 7) is 6.62. The minimum absolute atomic E-state index is 0.136. The normalized spacial score (nSPS) is 11.4. The van der Waals surface area contributed by atoms with E-state index in [1.807, 2.05) is 12.3 Å². The third kappa shape index (κ3) is 3.09. The van der Waals surface area contributed by atoms with Crippen LogP contribution in [0.2, 0.25) is 0 Å². The Hall–Kier alpha value is -2.41. The van der Waals surface area contributed by atoms with E-state index in [2.05, 4.69) is 86.4 Å². The van der Waals surface area contributed by atoms with Crippen LogP contribution in [-0.2, 0) is 5.41 Å². The molecule has 0 unspecified atom stereocenters. The molecule has 1 nitrogen and oxygen atoms in total.